The fourth-order valence-corrected chi connectivity index (χ4v) is 2.25. The molecule has 0 unspecified atom stereocenters. The molecule has 0 spiro atoms. The standard InChI is InChI=1S/C16H15ClO3/c1-10-8-11(17)4-6-13(10)16(18)14-9-12(19-2)5-7-15(14)20-3/h4-9H,1-3H3. The highest BCUT2D eigenvalue weighted by molar-refractivity contribution is 6.30. The van der Waals surface area contributed by atoms with Crippen LogP contribution in [0.2, 0.25) is 5.02 Å². The Hall–Kier alpha value is -2.00. The molecule has 0 aliphatic heterocycles. The van der Waals surface area contributed by atoms with Crippen molar-refractivity contribution in [1.29, 1.82) is 0 Å². The molecule has 0 saturated heterocycles. The summed E-state index contributed by atoms with van der Waals surface area (Å²) in [5.41, 5.74) is 1.89. The first kappa shape index (κ1) is 14.4. The van der Waals surface area contributed by atoms with Crippen molar-refractivity contribution in [3.05, 3.63) is 58.1 Å². The molecule has 0 N–H and O–H groups in total. The van der Waals surface area contributed by atoms with Crippen molar-refractivity contribution in [2.24, 2.45) is 0 Å². The first-order valence-electron chi connectivity index (χ1n) is 6.09. The molecule has 2 aromatic rings. The van der Waals surface area contributed by atoms with E-state index in [2.05, 4.69) is 0 Å². The molecule has 0 heterocycles. The molecule has 2 rings (SSSR count). The molecule has 0 bridgehead atoms. The monoisotopic (exact) mass is 290 g/mol. The molecule has 0 atom stereocenters. The highest BCUT2D eigenvalue weighted by atomic mass is 35.5. The van der Waals surface area contributed by atoms with Crippen LogP contribution in [0, 0.1) is 6.92 Å². The summed E-state index contributed by atoms with van der Waals surface area (Å²) in [6, 6.07) is 10.3. The van der Waals surface area contributed by atoms with Crippen LogP contribution in [0.3, 0.4) is 0 Å². The number of carbonyl (C=O) groups excluding carboxylic acids is 1. The Kier molecular flexibility index (Phi) is 4.30. The maximum absolute atomic E-state index is 12.6. The van der Waals surface area contributed by atoms with Gasteiger partial charge in [0.15, 0.2) is 5.78 Å². The number of hydrogen-bond donors (Lipinski definition) is 0. The Bertz CT molecular complexity index is 650. The maximum atomic E-state index is 12.6. The van der Waals surface area contributed by atoms with E-state index in [1.807, 2.05) is 6.92 Å². The van der Waals surface area contributed by atoms with E-state index < -0.39 is 0 Å². The Morgan fingerprint density at radius 1 is 1.00 bits per heavy atom. The van der Waals surface area contributed by atoms with E-state index in [9.17, 15) is 4.79 Å². The molecule has 3 nitrogen and oxygen atoms in total. The molecule has 0 aliphatic rings. The van der Waals surface area contributed by atoms with Gasteiger partial charge in [-0.3, -0.25) is 4.79 Å². The molecule has 2 aromatic carbocycles. The van der Waals surface area contributed by atoms with Gasteiger partial charge in [-0.25, -0.2) is 0 Å². The van der Waals surface area contributed by atoms with Crippen LogP contribution in [0.4, 0.5) is 0 Å². The summed E-state index contributed by atoms with van der Waals surface area (Å²) >= 11 is 5.92. The Morgan fingerprint density at radius 2 is 1.75 bits per heavy atom. The molecular formula is C16H15ClO3. The van der Waals surface area contributed by atoms with Gasteiger partial charge >= 0.3 is 0 Å². The van der Waals surface area contributed by atoms with E-state index in [0.717, 1.165) is 5.56 Å². The number of methoxy groups -OCH3 is 2. The zero-order chi connectivity index (χ0) is 14.7. The van der Waals surface area contributed by atoms with E-state index in [1.165, 1.54) is 7.11 Å². The van der Waals surface area contributed by atoms with Crippen molar-refractivity contribution in [3.63, 3.8) is 0 Å². The van der Waals surface area contributed by atoms with E-state index in [-0.39, 0.29) is 5.78 Å². The van der Waals surface area contributed by atoms with Crippen LogP contribution in [0.15, 0.2) is 36.4 Å². The average Bonchev–Trinajstić information content (AvgIpc) is 2.46. The van der Waals surface area contributed by atoms with Gasteiger partial charge < -0.3 is 9.47 Å². The van der Waals surface area contributed by atoms with Crippen LogP contribution in [-0.4, -0.2) is 20.0 Å². The summed E-state index contributed by atoms with van der Waals surface area (Å²) in [5.74, 6) is 1.01. The first-order valence-corrected chi connectivity index (χ1v) is 6.47. The highest BCUT2D eigenvalue weighted by Crippen LogP contribution is 2.28. The number of ether oxygens (including phenoxy) is 2. The van der Waals surface area contributed by atoms with Crippen molar-refractivity contribution in [3.8, 4) is 11.5 Å². The van der Waals surface area contributed by atoms with Gasteiger partial charge in [-0.1, -0.05) is 11.6 Å². The lowest BCUT2D eigenvalue weighted by atomic mass is 9.98. The van der Waals surface area contributed by atoms with Crippen molar-refractivity contribution in [1.82, 2.24) is 0 Å². The van der Waals surface area contributed by atoms with Crippen molar-refractivity contribution in [2.75, 3.05) is 14.2 Å². The predicted octanol–water partition coefficient (Wildman–Crippen LogP) is 3.90. The molecule has 0 amide bonds. The topological polar surface area (TPSA) is 35.5 Å². The summed E-state index contributed by atoms with van der Waals surface area (Å²) in [4.78, 5) is 12.6. The lowest BCUT2D eigenvalue weighted by molar-refractivity contribution is 0.103. The van der Waals surface area contributed by atoms with Gasteiger partial charge in [-0.05, 0) is 48.9 Å². The van der Waals surface area contributed by atoms with Crippen LogP contribution in [-0.2, 0) is 0 Å². The average molecular weight is 291 g/mol. The van der Waals surface area contributed by atoms with Crippen LogP contribution in [0.1, 0.15) is 21.5 Å². The van der Waals surface area contributed by atoms with E-state index >= 15 is 0 Å². The minimum Gasteiger partial charge on any atom is -0.497 e. The Labute approximate surface area is 123 Å². The number of rotatable bonds is 4. The minimum absolute atomic E-state index is 0.116. The molecule has 0 saturated carbocycles. The zero-order valence-electron chi connectivity index (χ0n) is 11.6. The van der Waals surface area contributed by atoms with Crippen LogP contribution < -0.4 is 9.47 Å². The first-order chi connectivity index (χ1) is 9.56. The van der Waals surface area contributed by atoms with Crippen LogP contribution >= 0.6 is 11.6 Å². The normalized spacial score (nSPS) is 10.2. The fourth-order valence-electron chi connectivity index (χ4n) is 2.02. The SMILES string of the molecule is COc1ccc(OC)c(C(=O)c2ccc(Cl)cc2C)c1. The number of carbonyl (C=O) groups is 1. The van der Waals surface area contributed by atoms with Gasteiger partial charge in [0, 0.05) is 10.6 Å². The third kappa shape index (κ3) is 2.78. The van der Waals surface area contributed by atoms with Crippen LogP contribution in [0.5, 0.6) is 11.5 Å². The van der Waals surface area contributed by atoms with Crippen molar-refractivity contribution < 1.29 is 14.3 Å². The van der Waals surface area contributed by atoms with Gasteiger partial charge in [0.05, 0.1) is 19.8 Å². The maximum Gasteiger partial charge on any atom is 0.197 e. The summed E-state index contributed by atoms with van der Waals surface area (Å²) in [5, 5.41) is 0.608. The largest absolute Gasteiger partial charge is 0.497 e. The minimum atomic E-state index is -0.116. The van der Waals surface area contributed by atoms with E-state index in [4.69, 9.17) is 21.1 Å². The number of halogens is 1. The number of aryl methyl sites for hydroxylation is 1. The van der Waals surface area contributed by atoms with Gasteiger partial charge in [0.2, 0.25) is 0 Å². The fraction of sp³-hybridized carbons (Fsp3) is 0.188. The lowest BCUT2D eigenvalue weighted by Gasteiger charge is -2.11. The second kappa shape index (κ2) is 5.97. The molecule has 104 valence electrons. The third-order valence-corrected chi connectivity index (χ3v) is 3.32. The lowest BCUT2D eigenvalue weighted by Crippen LogP contribution is -2.06. The summed E-state index contributed by atoms with van der Waals surface area (Å²) in [7, 11) is 3.09. The second-order valence-electron chi connectivity index (χ2n) is 4.35. The Morgan fingerprint density at radius 3 is 2.35 bits per heavy atom. The molecular weight excluding hydrogens is 276 g/mol. The zero-order valence-corrected chi connectivity index (χ0v) is 12.3. The molecule has 0 fully saturated rings. The highest BCUT2D eigenvalue weighted by Gasteiger charge is 2.17. The predicted molar refractivity (Wildman–Crippen MR) is 79.2 cm³/mol. The van der Waals surface area contributed by atoms with Gasteiger partial charge in [0.25, 0.3) is 0 Å². The molecule has 0 aromatic heterocycles. The molecule has 4 heteroatoms. The number of benzene rings is 2. The molecule has 20 heavy (non-hydrogen) atoms. The summed E-state index contributed by atoms with van der Waals surface area (Å²) in [6.45, 7) is 1.85. The van der Waals surface area contributed by atoms with Crippen LogP contribution in [0.25, 0.3) is 0 Å². The number of hydrogen-bond acceptors (Lipinski definition) is 3. The Balaban J connectivity index is 2.51. The van der Waals surface area contributed by atoms with Gasteiger partial charge in [-0.2, -0.15) is 0 Å². The third-order valence-electron chi connectivity index (χ3n) is 3.08. The summed E-state index contributed by atoms with van der Waals surface area (Å²) < 4.78 is 10.4. The van der Waals surface area contributed by atoms with Crippen molar-refractivity contribution in [2.45, 2.75) is 6.92 Å². The van der Waals surface area contributed by atoms with E-state index in [0.29, 0.717) is 27.6 Å². The summed E-state index contributed by atoms with van der Waals surface area (Å²) in [6.07, 6.45) is 0. The second-order valence-corrected chi connectivity index (χ2v) is 4.79. The van der Waals surface area contributed by atoms with Gasteiger partial charge in [-0.15, -0.1) is 0 Å². The quantitative estimate of drug-likeness (QED) is 0.801. The molecule has 0 aliphatic carbocycles. The molecule has 0 radical (unpaired) electrons. The smallest absolute Gasteiger partial charge is 0.197 e. The van der Waals surface area contributed by atoms with E-state index in [1.54, 1.807) is 43.5 Å². The van der Waals surface area contributed by atoms with Gasteiger partial charge in [0.1, 0.15) is 11.5 Å². The van der Waals surface area contributed by atoms with Crippen molar-refractivity contribution >= 4 is 17.4 Å². The number of ketones is 1.